The fraction of sp³-hybridized carbons (Fsp3) is 0.231. The summed E-state index contributed by atoms with van der Waals surface area (Å²) >= 11 is 5.99. The van der Waals surface area contributed by atoms with Crippen LogP contribution in [0.5, 0.6) is 0 Å². The predicted octanol–water partition coefficient (Wildman–Crippen LogP) is 3.64. The molecule has 0 fully saturated rings. The normalized spacial score (nSPS) is 10.9. The molecular formula is C13H13ClFN3. The van der Waals surface area contributed by atoms with Crippen LogP contribution in [0.25, 0.3) is 11.4 Å². The first kappa shape index (κ1) is 12.8. The number of nitrogens with zero attached hydrogens (tertiary/aromatic N) is 2. The first-order valence-corrected chi connectivity index (χ1v) is 5.95. The highest BCUT2D eigenvalue weighted by atomic mass is 35.5. The standard InChI is InChI=1S/C13H13ClFN3/c1-7(2)11-6-12(16)18-13(17-11)9-4-3-8(15)5-10(9)14/h3-7H,1-2H3,(H2,16,17,18). The van der Waals surface area contributed by atoms with Crippen LogP contribution in [0.15, 0.2) is 24.3 Å². The van der Waals surface area contributed by atoms with Gasteiger partial charge in [0.25, 0.3) is 0 Å². The number of nitrogens with two attached hydrogens (primary N) is 1. The van der Waals surface area contributed by atoms with Crippen LogP contribution in [0.1, 0.15) is 25.5 Å². The quantitative estimate of drug-likeness (QED) is 0.902. The molecule has 0 aliphatic rings. The molecule has 2 aromatic rings. The zero-order valence-electron chi connectivity index (χ0n) is 10.1. The van der Waals surface area contributed by atoms with Crippen molar-refractivity contribution in [3.8, 4) is 11.4 Å². The SMILES string of the molecule is CC(C)c1cc(N)nc(-c2ccc(F)cc2Cl)n1. The molecule has 94 valence electrons. The van der Waals surface area contributed by atoms with E-state index in [1.54, 1.807) is 12.1 Å². The lowest BCUT2D eigenvalue weighted by atomic mass is 10.1. The summed E-state index contributed by atoms with van der Waals surface area (Å²) in [7, 11) is 0. The Bertz CT molecular complexity index is 584. The van der Waals surface area contributed by atoms with E-state index in [1.165, 1.54) is 12.1 Å². The van der Waals surface area contributed by atoms with Crippen molar-refractivity contribution < 1.29 is 4.39 Å². The van der Waals surface area contributed by atoms with E-state index >= 15 is 0 Å². The number of benzene rings is 1. The Morgan fingerprint density at radius 2 is 1.94 bits per heavy atom. The summed E-state index contributed by atoms with van der Waals surface area (Å²) in [6, 6.07) is 5.84. The van der Waals surface area contributed by atoms with E-state index < -0.39 is 5.82 Å². The Hall–Kier alpha value is -1.68. The van der Waals surface area contributed by atoms with E-state index in [0.29, 0.717) is 17.2 Å². The summed E-state index contributed by atoms with van der Waals surface area (Å²) in [5.41, 5.74) is 7.15. The molecule has 0 unspecified atom stereocenters. The number of anilines is 1. The van der Waals surface area contributed by atoms with Gasteiger partial charge in [-0.05, 0) is 24.1 Å². The van der Waals surface area contributed by atoms with Gasteiger partial charge in [-0.3, -0.25) is 0 Å². The number of rotatable bonds is 2. The van der Waals surface area contributed by atoms with E-state index in [4.69, 9.17) is 17.3 Å². The molecule has 0 radical (unpaired) electrons. The molecule has 0 saturated heterocycles. The van der Waals surface area contributed by atoms with Crippen LogP contribution in [0.3, 0.4) is 0 Å². The molecule has 2 rings (SSSR count). The fourth-order valence-electron chi connectivity index (χ4n) is 1.57. The Morgan fingerprint density at radius 1 is 1.22 bits per heavy atom. The zero-order valence-corrected chi connectivity index (χ0v) is 10.9. The third-order valence-corrected chi connectivity index (χ3v) is 2.84. The second kappa shape index (κ2) is 4.90. The molecular weight excluding hydrogens is 253 g/mol. The monoisotopic (exact) mass is 265 g/mol. The predicted molar refractivity (Wildman–Crippen MR) is 70.9 cm³/mol. The van der Waals surface area contributed by atoms with Gasteiger partial charge in [0.1, 0.15) is 11.6 Å². The number of hydrogen-bond donors (Lipinski definition) is 1. The van der Waals surface area contributed by atoms with Gasteiger partial charge in [0, 0.05) is 17.3 Å². The first-order valence-electron chi connectivity index (χ1n) is 5.57. The van der Waals surface area contributed by atoms with Gasteiger partial charge in [0.2, 0.25) is 0 Å². The van der Waals surface area contributed by atoms with Crippen LogP contribution >= 0.6 is 11.6 Å². The molecule has 0 aliphatic carbocycles. The molecule has 2 N–H and O–H groups in total. The summed E-state index contributed by atoms with van der Waals surface area (Å²) in [4.78, 5) is 8.53. The Balaban J connectivity index is 2.56. The van der Waals surface area contributed by atoms with Crippen LogP contribution in [0, 0.1) is 5.82 Å². The first-order chi connectivity index (χ1) is 8.47. The molecule has 18 heavy (non-hydrogen) atoms. The van der Waals surface area contributed by atoms with Crippen LogP contribution in [0.2, 0.25) is 5.02 Å². The molecule has 0 amide bonds. The summed E-state index contributed by atoms with van der Waals surface area (Å²) in [6.07, 6.45) is 0. The van der Waals surface area contributed by atoms with E-state index in [2.05, 4.69) is 9.97 Å². The van der Waals surface area contributed by atoms with Crippen molar-refractivity contribution in [2.24, 2.45) is 0 Å². The lowest BCUT2D eigenvalue weighted by Gasteiger charge is -2.09. The topological polar surface area (TPSA) is 51.8 Å². The van der Waals surface area contributed by atoms with Crippen LogP contribution in [-0.2, 0) is 0 Å². The Kier molecular flexibility index (Phi) is 3.48. The van der Waals surface area contributed by atoms with Crippen LogP contribution in [-0.4, -0.2) is 9.97 Å². The summed E-state index contributed by atoms with van der Waals surface area (Å²) in [6.45, 7) is 4.02. The minimum absolute atomic E-state index is 0.230. The average Bonchev–Trinajstić information content (AvgIpc) is 2.27. The zero-order chi connectivity index (χ0) is 13.3. The van der Waals surface area contributed by atoms with Crippen molar-refractivity contribution in [3.05, 3.63) is 40.8 Å². The van der Waals surface area contributed by atoms with Gasteiger partial charge in [0.05, 0.1) is 5.02 Å². The van der Waals surface area contributed by atoms with Gasteiger partial charge in [-0.25, -0.2) is 14.4 Å². The van der Waals surface area contributed by atoms with Crippen molar-refractivity contribution >= 4 is 17.4 Å². The molecule has 0 bridgehead atoms. The van der Waals surface area contributed by atoms with Gasteiger partial charge in [-0.2, -0.15) is 0 Å². The minimum Gasteiger partial charge on any atom is -0.384 e. The van der Waals surface area contributed by atoms with Gasteiger partial charge in [-0.1, -0.05) is 25.4 Å². The third kappa shape index (κ3) is 2.59. The van der Waals surface area contributed by atoms with Gasteiger partial charge in [-0.15, -0.1) is 0 Å². The van der Waals surface area contributed by atoms with Crippen molar-refractivity contribution in [1.82, 2.24) is 9.97 Å². The number of nitrogen functional groups attached to an aromatic ring is 1. The molecule has 1 aromatic heterocycles. The molecule has 0 spiro atoms. The van der Waals surface area contributed by atoms with E-state index in [0.717, 1.165) is 5.69 Å². The highest BCUT2D eigenvalue weighted by Gasteiger charge is 2.11. The van der Waals surface area contributed by atoms with Crippen molar-refractivity contribution in [2.45, 2.75) is 19.8 Å². The van der Waals surface area contributed by atoms with E-state index in [1.807, 2.05) is 13.8 Å². The molecule has 0 saturated carbocycles. The van der Waals surface area contributed by atoms with Crippen molar-refractivity contribution in [1.29, 1.82) is 0 Å². The molecule has 0 aliphatic heterocycles. The third-order valence-electron chi connectivity index (χ3n) is 2.53. The maximum atomic E-state index is 13.0. The minimum atomic E-state index is -0.392. The van der Waals surface area contributed by atoms with Crippen LogP contribution in [0.4, 0.5) is 10.2 Å². The lowest BCUT2D eigenvalue weighted by Crippen LogP contribution is -2.02. The maximum Gasteiger partial charge on any atom is 0.163 e. The molecule has 5 heteroatoms. The maximum absolute atomic E-state index is 13.0. The van der Waals surface area contributed by atoms with Gasteiger partial charge < -0.3 is 5.73 Å². The second-order valence-corrected chi connectivity index (χ2v) is 4.73. The lowest BCUT2D eigenvalue weighted by molar-refractivity contribution is 0.628. The van der Waals surface area contributed by atoms with Crippen molar-refractivity contribution in [3.63, 3.8) is 0 Å². The highest BCUT2D eigenvalue weighted by Crippen LogP contribution is 2.27. The summed E-state index contributed by atoms with van der Waals surface area (Å²) < 4.78 is 13.0. The highest BCUT2D eigenvalue weighted by molar-refractivity contribution is 6.33. The Labute approximate surface area is 110 Å². The summed E-state index contributed by atoms with van der Waals surface area (Å²) in [5.74, 6) is 0.637. The van der Waals surface area contributed by atoms with Crippen LogP contribution < -0.4 is 5.73 Å². The van der Waals surface area contributed by atoms with E-state index in [-0.39, 0.29) is 10.9 Å². The summed E-state index contributed by atoms with van der Waals surface area (Å²) in [5, 5.41) is 0.273. The number of halogens is 2. The van der Waals surface area contributed by atoms with E-state index in [9.17, 15) is 4.39 Å². The average molecular weight is 266 g/mol. The fourth-order valence-corrected chi connectivity index (χ4v) is 1.82. The molecule has 1 aromatic carbocycles. The number of hydrogen-bond acceptors (Lipinski definition) is 3. The van der Waals surface area contributed by atoms with Crippen molar-refractivity contribution in [2.75, 3.05) is 5.73 Å². The largest absolute Gasteiger partial charge is 0.384 e. The van der Waals surface area contributed by atoms with Gasteiger partial charge >= 0.3 is 0 Å². The molecule has 3 nitrogen and oxygen atoms in total. The number of aromatic nitrogens is 2. The molecule has 1 heterocycles. The molecule has 0 atom stereocenters. The van der Waals surface area contributed by atoms with Gasteiger partial charge in [0.15, 0.2) is 5.82 Å². The Morgan fingerprint density at radius 3 is 2.56 bits per heavy atom. The second-order valence-electron chi connectivity index (χ2n) is 4.32. The smallest absolute Gasteiger partial charge is 0.163 e.